The number of aryl methyl sites for hydroxylation is 2. The molecule has 0 N–H and O–H groups in total. The molecule has 1 aromatic heterocycles. The van der Waals surface area contributed by atoms with E-state index in [9.17, 15) is 21.6 Å². The second-order valence-corrected chi connectivity index (χ2v) is 10.2. The third-order valence-electron chi connectivity index (χ3n) is 6.03. The Bertz CT molecular complexity index is 1070. The molecule has 34 heavy (non-hydrogen) atoms. The third-order valence-corrected chi connectivity index (χ3v) is 7.01. The maximum absolute atomic E-state index is 12.7. The molecule has 1 saturated carbocycles. The molecule has 1 aliphatic rings. The van der Waals surface area contributed by atoms with Crippen molar-refractivity contribution in [1.29, 1.82) is 0 Å². The fourth-order valence-corrected chi connectivity index (χ4v) is 4.77. The molecule has 0 amide bonds. The van der Waals surface area contributed by atoms with Gasteiger partial charge in [-0.2, -0.15) is 21.6 Å². The number of benzene rings is 1. The summed E-state index contributed by atoms with van der Waals surface area (Å²) in [6.45, 7) is 3.54. The van der Waals surface area contributed by atoms with E-state index in [0.29, 0.717) is 29.2 Å². The van der Waals surface area contributed by atoms with Gasteiger partial charge in [-0.25, -0.2) is 0 Å². The Balaban J connectivity index is 1.89. The highest BCUT2D eigenvalue weighted by atomic mass is 32.2. The Kier molecular flexibility index (Phi) is 8.46. The molecule has 0 radical (unpaired) electrons. The summed E-state index contributed by atoms with van der Waals surface area (Å²) in [5.74, 6) is 0.624. The van der Waals surface area contributed by atoms with Gasteiger partial charge in [-0.15, -0.1) is 0 Å². The second-order valence-electron chi connectivity index (χ2n) is 8.62. The lowest BCUT2D eigenvalue weighted by Gasteiger charge is -2.19. The fraction of sp³-hybridized carbons (Fsp3) is 0.542. The van der Waals surface area contributed by atoms with Gasteiger partial charge in [0.15, 0.2) is 6.79 Å². The van der Waals surface area contributed by atoms with E-state index in [-0.39, 0.29) is 12.5 Å². The van der Waals surface area contributed by atoms with Gasteiger partial charge in [0, 0.05) is 25.1 Å². The number of alkyl halides is 3. The molecule has 0 atom stereocenters. The van der Waals surface area contributed by atoms with Crippen LogP contribution in [0.25, 0.3) is 0 Å². The highest BCUT2D eigenvalue weighted by Gasteiger charge is 2.48. The van der Waals surface area contributed by atoms with Gasteiger partial charge in [0.1, 0.15) is 11.5 Å². The van der Waals surface area contributed by atoms with Gasteiger partial charge in [0.2, 0.25) is 0 Å². The fourth-order valence-electron chi connectivity index (χ4n) is 4.33. The molecule has 0 unspecified atom stereocenters. The van der Waals surface area contributed by atoms with Gasteiger partial charge < -0.3 is 13.7 Å². The Labute approximate surface area is 198 Å². The summed E-state index contributed by atoms with van der Waals surface area (Å²) < 4.78 is 75.9. The van der Waals surface area contributed by atoms with Crippen molar-refractivity contribution in [2.45, 2.75) is 70.2 Å². The van der Waals surface area contributed by atoms with Gasteiger partial charge in [-0.05, 0) is 67.6 Å². The number of aromatic nitrogens is 1. The average Bonchev–Trinajstić information content (AvgIpc) is 3.03. The summed E-state index contributed by atoms with van der Waals surface area (Å²) >= 11 is 0. The van der Waals surface area contributed by atoms with Crippen molar-refractivity contribution < 1.29 is 35.2 Å². The lowest BCUT2D eigenvalue weighted by atomic mass is 9.94. The topological polar surface area (TPSA) is 74.7 Å². The predicted molar refractivity (Wildman–Crippen MR) is 122 cm³/mol. The zero-order valence-electron chi connectivity index (χ0n) is 19.6. The minimum absolute atomic E-state index is 0.126. The Morgan fingerprint density at radius 2 is 1.65 bits per heavy atom. The summed E-state index contributed by atoms with van der Waals surface area (Å²) in [4.78, 5) is 4.93. The number of rotatable bonds is 8. The predicted octanol–water partition coefficient (Wildman–Crippen LogP) is 5.94. The Hall–Kier alpha value is -2.33. The lowest BCUT2D eigenvalue weighted by molar-refractivity contribution is -0.0500. The van der Waals surface area contributed by atoms with Crippen molar-refractivity contribution in [1.82, 2.24) is 4.98 Å². The summed E-state index contributed by atoms with van der Waals surface area (Å²) in [6, 6.07) is 6.35. The lowest BCUT2D eigenvalue weighted by Crippen LogP contribution is -2.28. The smallest absolute Gasteiger partial charge is 0.466 e. The maximum Gasteiger partial charge on any atom is 0.534 e. The van der Waals surface area contributed by atoms with E-state index < -0.39 is 15.6 Å². The van der Waals surface area contributed by atoms with Crippen molar-refractivity contribution in [2.75, 3.05) is 13.9 Å². The number of nitrogens with zero attached hydrogens (tertiary/aromatic N) is 1. The first-order valence-corrected chi connectivity index (χ1v) is 12.6. The molecule has 6 nitrogen and oxygen atoms in total. The van der Waals surface area contributed by atoms with Gasteiger partial charge in [0.05, 0.1) is 5.69 Å². The van der Waals surface area contributed by atoms with Gasteiger partial charge in [-0.1, -0.05) is 25.7 Å². The zero-order chi connectivity index (χ0) is 24.9. The molecule has 3 rings (SSSR count). The molecular formula is C24H30F3NO5S. The van der Waals surface area contributed by atoms with Crippen LogP contribution in [0.15, 0.2) is 24.3 Å². The minimum atomic E-state index is -5.73. The maximum atomic E-state index is 12.7. The molecule has 1 fully saturated rings. The minimum Gasteiger partial charge on any atom is -0.466 e. The standard InChI is InChI=1S/C24H30F3NO5S/c1-16-12-20(33-34(29,30)24(25,26)27)13-17(2)21(16)14-19-10-11-22(32-15-31-3)23(28-19)18-8-6-4-5-7-9-18/h10-13,18H,4-9,14-15H2,1-3H3. The van der Waals surface area contributed by atoms with E-state index in [0.717, 1.165) is 42.6 Å². The Morgan fingerprint density at radius 1 is 1.03 bits per heavy atom. The second kappa shape index (κ2) is 10.9. The van der Waals surface area contributed by atoms with Gasteiger partial charge >= 0.3 is 15.6 Å². The van der Waals surface area contributed by atoms with Crippen LogP contribution < -0.4 is 8.92 Å². The quantitative estimate of drug-likeness (QED) is 0.193. The summed E-state index contributed by atoms with van der Waals surface area (Å²) in [6.07, 6.45) is 7.22. The summed E-state index contributed by atoms with van der Waals surface area (Å²) in [5, 5.41) is 0. The average molecular weight is 502 g/mol. The van der Waals surface area contributed by atoms with E-state index in [4.69, 9.17) is 14.5 Å². The highest BCUT2D eigenvalue weighted by Crippen LogP contribution is 2.36. The van der Waals surface area contributed by atoms with Crippen LogP contribution in [0.3, 0.4) is 0 Å². The molecule has 1 heterocycles. The SMILES string of the molecule is COCOc1ccc(Cc2c(C)cc(OS(=O)(=O)C(F)(F)F)cc2C)nc1C1CCCCCC1. The van der Waals surface area contributed by atoms with Gasteiger partial charge in [-0.3, -0.25) is 4.98 Å². The number of hydrogen-bond acceptors (Lipinski definition) is 6. The number of methoxy groups -OCH3 is 1. The summed E-state index contributed by atoms with van der Waals surface area (Å²) in [7, 11) is -4.16. The van der Waals surface area contributed by atoms with Crippen molar-refractivity contribution >= 4 is 10.1 Å². The molecular weight excluding hydrogens is 471 g/mol. The van der Waals surface area contributed by atoms with E-state index in [1.807, 2.05) is 12.1 Å². The highest BCUT2D eigenvalue weighted by molar-refractivity contribution is 7.88. The molecule has 2 aromatic rings. The molecule has 10 heteroatoms. The van der Waals surface area contributed by atoms with E-state index in [1.165, 1.54) is 25.0 Å². The van der Waals surface area contributed by atoms with Crippen LogP contribution >= 0.6 is 0 Å². The van der Waals surface area contributed by atoms with Crippen LogP contribution in [0.1, 0.15) is 72.5 Å². The molecule has 0 aliphatic heterocycles. The molecule has 0 saturated heterocycles. The monoisotopic (exact) mass is 501 g/mol. The molecule has 0 spiro atoms. The van der Waals surface area contributed by atoms with E-state index in [2.05, 4.69) is 4.18 Å². The molecule has 188 valence electrons. The first-order chi connectivity index (χ1) is 16.0. The number of halogens is 3. The largest absolute Gasteiger partial charge is 0.534 e. The van der Waals surface area contributed by atoms with Crippen LogP contribution in [-0.4, -0.2) is 32.8 Å². The van der Waals surface area contributed by atoms with Crippen molar-refractivity contribution in [3.05, 3.63) is 52.3 Å². The molecule has 0 bridgehead atoms. The van der Waals surface area contributed by atoms with Crippen LogP contribution in [0.2, 0.25) is 0 Å². The van der Waals surface area contributed by atoms with Crippen LogP contribution in [0.5, 0.6) is 11.5 Å². The van der Waals surface area contributed by atoms with Crippen LogP contribution in [-0.2, 0) is 21.3 Å². The summed E-state index contributed by atoms with van der Waals surface area (Å²) in [5.41, 5.74) is -1.70. The van der Waals surface area contributed by atoms with Crippen LogP contribution in [0.4, 0.5) is 13.2 Å². The van der Waals surface area contributed by atoms with Crippen LogP contribution in [0, 0.1) is 13.8 Å². The molecule has 1 aliphatic carbocycles. The van der Waals surface area contributed by atoms with Gasteiger partial charge in [0.25, 0.3) is 0 Å². The normalized spacial score (nSPS) is 15.7. The van der Waals surface area contributed by atoms with E-state index >= 15 is 0 Å². The number of pyridine rings is 1. The first-order valence-electron chi connectivity index (χ1n) is 11.2. The Morgan fingerprint density at radius 3 is 2.21 bits per heavy atom. The van der Waals surface area contributed by atoms with Crippen molar-refractivity contribution in [2.24, 2.45) is 0 Å². The molecule has 1 aromatic carbocycles. The number of hydrogen-bond donors (Lipinski definition) is 0. The first kappa shape index (κ1) is 26.3. The third kappa shape index (κ3) is 6.41. The zero-order valence-corrected chi connectivity index (χ0v) is 20.4. The number of ether oxygens (including phenoxy) is 2. The van der Waals surface area contributed by atoms with Crippen molar-refractivity contribution in [3.63, 3.8) is 0 Å². The van der Waals surface area contributed by atoms with E-state index in [1.54, 1.807) is 21.0 Å². The van der Waals surface area contributed by atoms with Crippen molar-refractivity contribution in [3.8, 4) is 11.5 Å².